The monoisotopic (exact) mass is 349 g/mol. The fourth-order valence-corrected chi connectivity index (χ4v) is 3.24. The van der Waals surface area contributed by atoms with Gasteiger partial charge in [-0.15, -0.1) is 0 Å². The second-order valence-corrected chi connectivity index (χ2v) is 6.14. The predicted molar refractivity (Wildman–Crippen MR) is 80.9 cm³/mol. The van der Waals surface area contributed by atoms with Gasteiger partial charge in [0.25, 0.3) is 0 Å². The van der Waals surface area contributed by atoms with Gasteiger partial charge in [0.15, 0.2) is 11.9 Å². The number of nitrogens with zero attached hydrogens (tertiary/aromatic N) is 1. The first kappa shape index (κ1) is 12.2. The Labute approximate surface area is 129 Å². The van der Waals surface area contributed by atoms with E-state index in [1.807, 2.05) is 36.4 Å². The van der Waals surface area contributed by atoms with Crippen LogP contribution in [0.25, 0.3) is 0 Å². The van der Waals surface area contributed by atoms with Gasteiger partial charge in [-0.3, -0.25) is 0 Å². The Kier molecular flexibility index (Phi) is 2.59. The molecule has 0 fully saturated rings. The summed E-state index contributed by atoms with van der Waals surface area (Å²) in [4.78, 5) is 4.58. The van der Waals surface area contributed by atoms with Crippen molar-refractivity contribution in [3.05, 3.63) is 57.0 Å². The van der Waals surface area contributed by atoms with Crippen LogP contribution in [-0.2, 0) is 10.3 Å². The average Bonchev–Trinajstić information content (AvgIpc) is 2.92. The molecule has 5 heteroatoms. The van der Waals surface area contributed by atoms with E-state index in [0.717, 1.165) is 27.1 Å². The molecule has 0 bridgehead atoms. The van der Waals surface area contributed by atoms with Gasteiger partial charge >= 0.3 is 0 Å². The minimum Gasteiger partial charge on any atom is -0.480 e. The minimum absolute atomic E-state index is 0.452. The van der Waals surface area contributed by atoms with Gasteiger partial charge in [0.1, 0.15) is 18.1 Å². The minimum atomic E-state index is -0.572. The number of benzene rings is 2. The summed E-state index contributed by atoms with van der Waals surface area (Å²) in [6.07, 6.45) is 1.50. The molecule has 2 heterocycles. The first-order valence-corrected chi connectivity index (χ1v) is 7.29. The summed E-state index contributed by atoms with van der Waals surface area (Å²) in [5.74, 6) is 1.57. The second-order valence-electron chi connectivity index (χ2n) is 4.79. The van der Waals surface area contributed by atoms with Crippen LogP contribution >= 0.6 is 27.5 Å². The van der Waals surface area contributed by atoms with E-state index in [-0.39, 0.29) is 0 Å². The van der Waals surface area contributed by atoms with Crippen LogP contribution in [0.2, 0.25) is 5.02 Å². The van der Waals surface area contributed by atoms with E-state index in [9.17, 15) is 0 Å². The molecule has 2 aliphatic heterocycles. The molecule has 0 aliphatic carbocycles. The number of hydrogen-bond donors (Lipinski definition) is 0. The van der Waals surface area contributed by atoms with Crippen molar-refractivity contribution >= 4 is 33.9 Å². The predicted octanol–water partition coefficient (Wildman–Crippen LogP) is 4.51. The van der Waals surface area contributed by atoms with Crippen molar-refractivity contribution < 1.29 is 9.47 Å². The van der Waals surface area contributed by atoms with Crippen molar-refractivity contribution in [1.29, 1.82) is 0 Å². The first-order chi connectivity index (χ1) is 9.69. The van der Waals surface area contributed by atoms with Gasteiger partial charge < -0.3 is 9.47 Å². The topological polar surface area (TPSA) is 30.8 Å². The molecule has 3 nitrogen and oxygen atoms in total. The van der Waals surface area contributed by atoms with Crippen molar-refractivity contribution in [1.82, 2.24) is 0 Å². The quantitative estimate of drug-likeness (QED) is 0.700. The number of ether oxygens (including phenoxy) is 2. The summed E-state index contributed by atoms with van der Waals surface area (Å²) < 4.78 is 12.4. The Morgan fingerprint density at radius 2 is 1.85 bits per heavy atom. The highest BCUT2D eigenvalue weighted by Crippen LogP contribution is 2.51. The summed E-state index contributed by atoms with van der Waals surface area (Å²) >= 11 is 9.64. The lowest BCUT2D eigenvalue weighted by Gasteiger charge is -2.33. The number of halogens is 2. The van der Waals surface area contributed by atoms with Crippen LogP contribution in [0, 0.1) is 0 Å². The Morgan fingerprint density at radius 1 is 1.10 bits per heavy atom. The van der Waals surface area contributed by atoms with Gasteiger partial charge in [-0.05, 0) is 36.4 Å². The van der Waals surface area contributed by atoms with Gasteiger partial charge in [-0.2, -0.15) is 0 Å². The van der Waals surface area contributed by atoms with Gasteiger partial charge in [0, 0.05) is 20.6 Å². The number of rotatable bonds is 0. The van der Waals surface area contributed by atoms with E-state index in [2.05, 4.69) is 20.9 Å². The maximum absolute atomic E-state index is 6.14. The standard InChI is InChI=1S/C15H9BrClNO2/c16-9-1-3-13-11(5-9)15(7-19-8-18-15)12-6-10(17)2-4-14(12)20-13/h1-6,8H,7H2. The van der Waals surface area contributed by atoms with Crippen molar-refractivity contribution in [3.8, 4) is 11.5 Å². The zero-order chi connectivity index (χ0) is 13.7. The van der Waals surface area contributed by atoms with Crippen LogP contribution in [0.3, 0.4) is 0 Å². The lowest BCUT2D eigenvalue weighted by Crippen LogP contribution is -2.31. The zero-order valence-electron chi connectivity index (χ0n) is 10.3. The molecule has 0 N–H and O–H groups in total. The van der Waals surface area contributed by atoms with Crippen LogP contribution in [-0.4, -0.2) is 13.0 Å². The van der Waals surface area contributed by atoms with Crippen LogP contribution in [0.4, 0.5) is 0 Å². The molecular weight excluding hydrogens is 342 g/mol. The lowest BCUT2D eigenvalue weighted by atomic mass is 9.81. The summed E-state index contributed by atoms with van der Waals surface area (Å²) in [5, 5.41) is 0.660. The molecule has 0 radical (unpaired) electrons. The highest BCUT2D eigenvalue weighted by Gasteiger charge is 2.45. The molecule has 0 aromatic heterocycles. The Morgan fingerprint density at radius 3 is 2.60 bits per heavy atom. The second kappa shape index (κ2) is 4.24. The molecule has 0 saturated heterocycles. The highest BCUT2D eigenvalue weighted by atomic mass is 79.9. The van der Waals surface area contributed by atoms with Gasteiger partial charge in [-0.25, -0.2) is 4.99 Å². The van der Waals surface area contributed by atoms with Crippen LogP contribution < -0.4 is 4.74 Å². The van der Waals surface area contributed by atoms with Crippen molar-refractivity contribution in [2.75, 3.05) is 6.61 Å². The largest absolute Gasteiger partial charge is 0.480 e. The Balaban J connectivity index is 2.04. The molecular formula is C15H9BrClNO2. The SMILES string of the molecule is Clc1ccc2c(c1)C1(COC=N1)c1cc(Br)ccc1O2. The molecule has 2 aromatic rings. The molecule has 2 aromatic carbocycles. The number of aliphatic imine (C=N–C) groups is 1. The molecule has 1 spiro atoms. The molecule has 0 saturated carbocycles. The summed E-state index contributed by atoms with van der Waals surface area (Å²) in [7, 11) is 0. The average molecular weight is 351 g/mol. The normalized spacial score (nSPS) is 22.1. The highest BCUT2D eigenvalue weighted by molar-refractivity contribution is 9.10. The zero-order valence-corrected chi connectivity index (χ0v) is 12.6. The van der Waals surface area contributed by atoms with Gasteiger partial charge in [-0.1, -0.05) is 27.5 Å². The number of hydrogen-bond acceptors (Lipinski definition) is 3. The van der Waals surface area contributed by atoms with Gasteiger partial charge in [0.05, 0.1) is 0 Å². The summed E-state index contributed by atoms with van der Waals surface area (Å²) in [6.45, 7) is 0.452. The van der Waals surface area contributed by atoms with Gasteiger partial charge in [0.2, 0.25) is 0 Å². The fourth-order valence-electron chi connectivity index (χ4n) is 2.71. The molecule has 1 atom stereocenters. The van der Waals surface area contributed by atoms with Crippen LogP contribution in [0.15, 0.2) is 45.9 Å². The fraction of sp³-hybridized carbons (Fsp3) is 0.133. The van der Waals surface area contributed by atoms with Crippen LogP contribution in [0.1, 0.15) is 11.1 Å². The van der Waals surface area contributed by atoms with Crippen molar-refractivity contribution in [2.24, 2.45) is 4.99 Å². The van der Waals surface area contributed by atoms with E-state index in [1.165, 1.54) is 6.40 Å². The molecule has 100 valence electrons. The molecule has 4 rings (SSSR count). The van der Waals surface area contributed by atoms with Crippen molar-refractivity contribution in [3.63, 3.8) is 0 Å². The maximum atomic E-state index is 6.14. The van der Waals surface area contributed by atoms with Crippen molar-refractivity contribution in [2.45, 2.75) is 5.54 Å². The third kappa shape index (κ3) is 1.61. The molecule has 1 unspecified atom stereocenters. The summed E-state index contributed by atoms with van der Waals surface area (Å²) in [5.41, 5.74) is 1.34. The van der Waals surface area contributed by atoms with E-state index in [0.29, 0.717) is 11.6 Å². The van der Waals surface area contributed by atoms with E-state index in [4.69, 9.17) is 21.1 Å². The third-order valence-corrected chi connectivity index (χ3v) is 4.36. The lowest BCUT2D eigenvalue weighted by molar-refractivity contribution is 0.273. The van der Waals surface area contributed by atoms with E-state index in [1.54, 1.807) is 0 Å². The molecule has 20 heavy (non-hydrogen) atoms. The summed E-state index contributed by atoms with van der Waals surface area (Å²) in [6, 6.07) is 11.5. The smallest absolute Gasteiger partial charge is 0.170 e. The molecule has 2 aliphatic rings. The van der Waals surface area contributed by atoms with E-state index >= 15 is 0 Å². The first-order valence-electron chi connectivity index (χ1n) is 6.12. The molecule has 0 amide bonds. The maximum Gasteiger partial charge on any atom is 0.170 e. The number of fused-ring (bicyclic) bond motifs is 4. The Hall–Kier alpha value is -1.52. The Bertz CT molecular complexity index is 693. The van der Waals surface area contributed by atoms with E-state index < -0.39 is 5.54 Å². The third-order valence-electron chi connectivity index (χ3n) is 3.63. The van der Waals surface area contributed by atoms with Crippen LogP contribution in [0.5, 0.6) is 11.5 Å².